The summed E-state index contributed by atoms with van der Waals surface area (Å²) < 4.78 is 5.68. The third-order valence-electron chi connectivity index (χ3n) is 4.57. The monoisotopic (exact) mass is 287 g/mol. The van der Waals surface area contributed by atoms with E-state index in [1.54, 1.807) is 4.68 Å². The molecular weight excluding hydrogens is 266 g/mol. The minimum Gasteiger partial charge on any atom is -0.353 e. The van der Waals surface area contributed by atoms with Crippen molar-refractivity contribution in [3.05, 3.63) is 40.3 Å². The Balaban J connectivity index is 1.51. The number of hydrogen-bond donors (Lipinski definition) is 0. The minimum atomic E-state index is 0.0791. The van der Waals surface area contributed by atoms with E-state index in [4.69, 9.17) is 0 Å². The van der Waals surface area contributed by atoms with Crippen LogP contribution in [0.2, 0.25) is 0 Å². The molecule has 0 amide bonds. The molecule has 4 rings (SSSR count). The smallest absolute Gasteiger partial charge is 0.346 e. The number of aromatic nitrogens is 4. The van der Waals surface area contributed by atoms with Gasteiger partial charge in [-0.3, -0.25) is 9.47 Å². The summed E-state index contributed by atoms with van der Waals surface area (Å²) in [7, 11) is 2.07. The Kier molecular flexibility index (Phi) is 2.99. The van der Waals surface area contributed by atoms with Gasteiger partial charge in [-0.2, -0.15) is 5.10 Å². The van der Waals surface area contributed by atoms with Gasteiger partial charge in [0.1, 0.15) is 5.82 Å². The van der Waals surface area contributed by atoms with Crippen molar-refractivity contribution >= 4 is 0 Å². The second kappa shape index (κ2) is 4.87. The van der Waals surface area contributed by atoms with Crippen molar-refractivity contribution < 1.29 is 0 Å². The molecule has 0 bridgehead atoms. The van der Waals surface area contributed by atoms with Crippen molar-refractivity contribution in [3.63, 3.8) is 0 Å². The van der Waals surface area contributed by atoms with Gasteiger partial charge in [0.05, 0.1) is 6.54 Å². The molecule has 0 unspecified atom stereocenters. The first kappa shape index (κ1) is 12.9. The van der Waals surface area contributed by atoms with Crippen LogP contribution in [0.3, 0.4) is 0 Å². The normalized spacial score (nSPS) is 18.9. The predicted octanol–water partition coefficient (Wildman–Crippen LogP) is 0.809. The summed E-state index contributed by atoms with van der Waals surface area (Å²) >= 11 is 0. The molecule has 1 fully saturated rings. The largest absolute Gasteiger partial charge is 0.353 e. The summed E-state index contributed by atoms with van der Waals surface area (Å²) in [5.74, 6) is 1.60. The van der Waals surface area contributed by atoms with Crippen molar-refractivity contribution in [2.45, 2.75) is 39.0 Å². The van der Waals surface area contributed by atoms with Gasteiger partial charge in [0.2, 0.25) is 0 Å². The zero-order valence-electron chi connectivity index (χ0n) is 12.4. The quantitative estimate of drug-likeness (QED) is 0.836. The number of aryl methyl sites for hydroxylation is 1. The summed E-state index contributed by atoms with van der Waals surface area (Å²) in [6, 6.07) is 4.22. The average molecular weight is 287 g/mol. The van der Waals surface area contributed by atoms with Crippen LogP contribution in [0.1, 0.15) is 24.4 Å². The second-order valence-electron chi connectivity index (χ2n) is 6.30. The van der Waals surface area contributed by atoms with Gasteiger partial charge in [0.15, 0.2) is 0 Å². The van der Waals surface area contributed by atoms with E-state index >= 15 is 0 Å². The summed E-state index contributed by atoms with van der Waals surface area (Å²) in [5, 5.41) is 4.55. The van der Waals surface area contributed by atoms with Gasteiger partial charge in [0, 0.05) is 45.1 Å². The van der Waals surface area contributed by atoms with E-state index in [1.165, 1.54) is 18.5 Å². The molecule has 0 radical (unpaired) electrons. The first-order valence-electron chi connectivity index (χ1n) is 7.70. The van der Waals surface area contributed by atoms with Crippen molar-refractivity contribution in [2.75, 3.05) is 6.54 Å². The number of hydrogen-bond acceptors (Lipinski definition) is 3. The fraction of sp³-hybridized carbons (Fsp3) is 0.600. The Hall–Kier alpha value is -1.82. The van der Waals surface area contributed by atoms with Crippen molar-refractivity contribution in [3.8, 4) is 0 Å². The standard InChI is InChI=1S/C15H21N5O/c1-17-6-2-3-13(17)10-18-7-8-19-14(11-18)16-20(15(19)21)9-12-4-5-12/h2-3,6,12H,4-5,7-11H2,1H3. The highest BCUT2D eigenvalue weighted by molar-refractivity contribution is 5.07. The van der Waals surface area contributed by atoms with Gasteiger partial charge < -0.3 is 4.57 Å². The van der Waals surface area contributed by atoms with Gasteiger partial charge in [-0.25, -0.2) is 9.48 Å². The van der Waals surface area contributed by atoms with E-state index in [9.17, 15) is 4.79 Å². The number of nitrogens with zero attached hydrogens (tertiary/aromatic N) is 5. The first-order valence-corrected chi connectivity index (χ1v) is 7.70. The van der Waals surface area contributed by atoms with E-state index in [0.29, 0.717) is 5.92 Å². The van der Waals surface area contributed by atoms with Crippen LogP contribution in [0.5, 0.6) is 0 Å². The number of fused-ring (bicyclic) bond motifs is 1. The Morgan fingerprint density at radius 1 is 1.33 bits per heavy atom. The Morgan fingerprint density at radius 3 is 2.90 bits per heavy atom. The minimum absolute atomic E-state index is 0.0791. The summed E-state index contributed by atoms with van der Waals surface area (Å²) in [6.07, 6.45) is 4.56. The average Bonchev–Trinajstić information content (AvgIpc) is 3.12. The lowest BCUT2D eigenvalue weighted by Crippen LogP contribution is -2.37. The molecule has 3 heterocycles. The molecule has 21 heavy (non-hydrogen) atoms. The molecule has 112 valence electrons. The summed E-state index contributed by atoms with van der Waals surface area (Å²) in [5.41, 5.74) is 1.37. The molecule has 0 spiro atoms. The second-order valence-corrected chi connectivity index (χ2v) is 6.30. The lowest BCUT2D eigenvalue weighted by molar-refractivity contribution is 0.203. The van der Waals surface area contributed by atoms with E-state index in [1.807, 2.05) is 4.57 Å². The van der Waals surface area contributed by atoms with Crippen molar-refractivity contribution in [1.29, 1.82) is 0 Å². The molecule has 0 atom stereocenters. The van der Waals surface area contributed by atoms with E-state index < -0.39 is 0 Å². The lowest BCUT2D eigenvalue weighted by Gasteiger charge is -2.26. The van der Waals surface area contributed by atoms with E-state index in [-0.39, 0.29) is 5.69 Å². The molecule has 1 aliphatic heterocycles. The molecule has 0 N–H and O–H groups in total. The third-order valence-corrected chi connectivity index (χ3v) is 4.57. The fourth-order valence-electron chi connectivity index (χ4n) is 3.04. The Labute approximate surface area is 123 Å². The van der Waals surface area contributed by atoms with Crippen LogP contribution in [-0.2, 0) is 33.2 Å². The van der Waals surface area contributed by atoms with E-state index in [0.717, 1.165) is 38.5 Å². The van der Waals surface area contributed by atoms with Crippen LogP contribution in [0.25, 0.3) is 0 Å². The van der Waals surface area contributed by atoms with Gasteiger partial charge in [-0.05, 0) is 30.9 Å². The summed E-state index contributed by atoms with van der Waals surface area (Å²) in [4.78, 5) is 14.7. The van der Waals surface area contributed by atoms with Crippen LogP contribution < -0.4 is 5.69 Å². The highest BCUT2D eigenvalue weighted by Gasteiger charge is 2.26. The fourth-order valence-corrected chi connectivity index (χ4v) is 3.04. The molecular formula is C15H21N5O. The van der Waals surface area contributed by atoms with Crippen LogP contribution in [0, 0.1) is 5.92 Å². The van der Waals surface area contributed by atoms with Gasteiger partial charge in [-0.1, -0.05) is 0 Å². The molecule has 1 aliphatic carbocycles. The maximum absolute atomic E-state index is 12.3. The predicted molar refractivity (Wildman–Crippen MR) is 78.7 cm³/mol. The van der Waals surface area contributed by atoms with Gasteiger partial charge >= 0.3 is 5.69 Å². The maximum atomic E-state index is 12.3. The SMILES string of the molecule is Cn1cccc1CN1CCn2c(nn(CC3CC3)c2=O)C1. The highest BCUT2D eigenvalue weighted by Crippen LogP contribution is 2.29. The topological polar surface area (TPSA) is 48.0 Å². The highest BCUT2D eigenvalue weighted by atomic mass is 16.2. The molecule has 6 nitrogen and oxygen atoms in total. The molecule has 1 saturated carbocycles. The van der Waals surface area contributed by atoms with E-state index in [2.05, 4.69) is 39.9 Å². The van der Waals surface area contributed by atoms with Gasteiger partial charge in [0.25, 0.3) is 0 Å². The molecule has 2 aliphatic rings. The molecule has 2 aromatic rings. The van der Waals surface area contributed by atoms with Crippen molar-refractivity contribution in [2.24, 2.45) is 13.0 Å². The molecule has 0 aromatic carbocycles. The Bertz CT molecular complexity index is 706. The van der Waals surface area contributed by atoms with Gasteiger partial charge in [-0.15, -0.1) is 0 Å². The molecule has 6 heteroatoms. The lowest BCUT2D eigenvalue weighted by atomic mass is 10.3. The first-order chi connectivity index (χ1) is 10.2. The Morgan fingerprint density at radius 2 is 2.19 bits per heavy atom. The van der Waals surface area contributed by atoms with Crippen molar-refractivity contribution in [1.82, 2.24) is 23.8 Å². The van der Waals surface area contributed by atoms with Crippen LogP contribution in [0.4, 0.5) is 0 Å². The molecule has 0 saturated heterocycles. The molecule has 2 aromatic heterocycles. The van der Waals surface area contributed by atoms with Crippen LogP contribution in [0.15, 0.2) is 23.1 Å². The summed E-state index contributed by atoms with van der Waals surface area (Å²) in [6.45, 7) is 4.14. The van der Waals surface area contributed by atoms with Crippen LogP contribution in [-0.4, -0.2) is 30.4 Å². The van der Waals surface area contributed by atoms with Crippen LogP contribution >= 0.6 is 0 Å². The zero-order chi connectivity index (χ0) is 14.4. The maximum Gasteiger partial charge on any atom is 0.346 e. The zero-order valence-corrected chi connectivity index (χ0v) is 12.4. The number of rotatable bonds is 4. The third kappa shape index (κ3) is 2.44.